The molecule has 0 bridgehead atoms. The number of hydrogen-bond donors (Lipinski definition) is 1. The summed E-state index contributed by atoms with van der Waals surface area (Å²) < 4.78 is 1.82. The maximum absolute atomic E-state index is 4.37. The van der Waals surface area contributed by atoms with Crippen molar-refractivity contribution < 1.29 is 0 Å². The van der Waals surface area contributed by atoms with Crippen molar-refractivity contribution in [3.05, 3.63) is 23.9 Å². The van der Waals surface area contributed by atoms with E-state index in [2.05, 4.69) is 22.3 Å². The van der Waals surface area contributed by atoms with Crippen LogP contribution in [0.5, 0.6) is 0 Å². The molecule has 0 unspecified atom stereocenters. The molecule has 0 aliphatic heterocycles. The molecule has 2 heterocycles. The number of nitrogens with one attached hydrogen (secondary N) is 1. The molecule has 1 N–H and O–H groups in total. The molecule has 3 rings (SSSR count). The lowest BCUT2D eigenvalue weighted by atomic mass is 10.3. The number of aromatic nitrogens is 3. The van der Waals surface area contributed by atoms with Crippen molar-refractivity contribution >= 4 is 11.6 Å². The molecule has 0 amide bonds. The minimum Gasteiger partial charge on any atom is -0.350 e. The summed E-state index contributed by atoms with van der Waals surface area (Å²) in [4.78, 5) is 4.37. The molecule has 14 heavy (non-hydrogen) atoms. The van der Waals surface area contributed by atoms with E-state index in [1.54, 1.807) is 0 Å². The van der Waals surface area contributed by atoms with Gasteiger partial charge < -0.3 is 5.32 Å². The van der Waals surface area contributed by atoms with Gasteiger partial charge in [0.15, 0.2) is 5.65 Å². The summed E-state index contributed by atoms with van der Waals surface area (Å²) in [5.41, 5.74) is 2.10. The molecular formula is C10H12N4. The van der Waals surface area contributed by atoms with Gasteiger partial charge in [-0.1, -0.05) is 6.07 Å². The van der Waals surface area contributed by atoms with E-state index in [1.807, 2.05) is 22.8 Å². The number of rotatable bonds is 2. The molecule has 0 atom stereocenters. The Morgan fingerprint density at radius 3 is 3.07 bits per heavy atom. The zero-order valence-electron chi connectivity index (χ0n) is 8.07. The fourth-order valence-electron chi connectivity index (χ4n) is 1.46. The molecule has 4 heteroatoms. The number of aryl methyl sites for hydroxylation is 1. The third kappa shape index (κ3) is 1.32. The summed E-state index contributed by atoms with van der Waals surface area (Å²) in [5, 5.41) is 7.63. The Hall–Kier alpha value is -1.58. The standard InChI is InChI=1S/C10H12N4/c1-7-2-5-9-12-10(11-8-3-4-8)13-14(9)6-7/h2,5-6,8H,3-4H2,1H3,(H,11,13). The van der Waals surface area contributed by atoms with Gasteiger partial charge in [-0.05, 0) is 31.4 Å². The normalized spacial score (nSPS) is 16.1. The summed E-state index contributed by atoms with van der Waals surface area (Å²) in [5.74, 6) is 0.748. The first-order chi connectivity index (χ1) is 6.81. The Morgan fingerprint density at radius 2 is 2.29 bits per heavy atom. The number of anilines is 1. The molecule has 72 valence electrons. The maximum atomic E-state index is 4.37. The van der Waals surface area contributed by atoms with Crippen molar-refractivity contribution in [3.8, 4) is 0 Å². The quantitative estimate of drug-likeness (QED) is 0.778. The van der Waals surface area contributed by atoms with Crippen LogP contribution in [0.25, 0.3) is 5.65 Å². The smallest absolute Gasteiger partial charge is 0.243 e. The predicted molar refractivity (Wildman–Crippen MR) is 54.4 cm³/mol. The summed E-state index contributed by atoms with van der Waals surface area (Å²) in [6, 6.07) is 4.64. The SMILES string of the molecule is Cc1ccc2nc(NC3CC3)nn2c1. The van der Waals surface area contributed by atoms with E-state index in [-0.39, 0.29) is 0 Å². The van der Waals surface area contributed by atoms with E-state index in [0.29, 0.717) is 6.04 Å². The van der Waals surface area contributed by atoms with E-state index >= 15 is 0 Å². The lowest BCUT2D eigenvalue weighted by Gasteiger charge is -1.93. The molecule has 0 radical (unpaired) electrons. The monoisotopic (exact) mass is 188 g/mol. The molecule has 0 spiro atoms. The Labute approximate surface area is 82.0 Å². The van der Waals surface area contributed by atoms with Crippen molar-refractivity contribution in [1.29, 1.82) is 0 Å². The highest BCUT2D eigenvalue weighted by Gasteiger charge is 2.22. The topological polar surface area (TPSA) is 42.2 Å². The van der Waals surface area contributed by atoms with E-state index in [0.717, 1.165) is 11.6 Å². The molecule has 0 saturated heterocycles. The average Bonchev–Trinajstić information content (AvgIpc) is 2.84. The third-order valence-electron chi connectivity index (χ3n) is 2.39. The average molecular weight is 188 g/mol. The molecule has 4 nitrogen and oxygen atoms in total. The molecule has 1 aliphatic rings. The van der Waals surface area contributed by atoms with Crippen LogP contribution in [0, 0.1) is 6.92 Å². The molecular weight excluding hydrogens is 176 g/mol. The van der Waals surface area contributed by atoms with Crippen LogP contribution in [0.1, 0.15) is 18.4 Å². The zero-order chi connectivity index (χ0) is 9.54. The lowest BCUT2D eigenvalue weighted by Crippen LogP contribution is -2.02. The van der Waals surface area contributed by atoms with E-state index in [4.69, 9.17) is 0 Å². The van der Waals surface area contributed by atoms with Gasteiger partial charge in [0, 0.05) is 12.2 Å². The maximum Gasteiger partial charge on any atom is 0.243 e. The highest BCUT2D eigenvalue weighted by atomic mass is 15.3. The van der Waals surface area contributed by atoms with Gasteiger partial charge in [0.1, 0.15) is 0 Å². The third-order valence-corrected chi connectivity index (χ3v) is 2.39. The Morgan fingerprint density at radius 1 is 1.43 bits per heavy atom. The van der Waals surface area contributed by atoms with Gasteiger partial charge >= 0.3 is 0 Å². The van der Waals surface area contributed by atoms with Gasteiger partial charge in [-0.25, -0.2) is 4.52 Å². The highest BCUT2D eigenvalue weighted by Crippen LogP contribution is 2.23. The van der Waals surface area contributed by atoms with Crippen LogP contribution in [0.3, 0.4) is 0 Å². The molecule has 0 aromatic carbocycles. The first-order valence-electron chi connectivity index (χ1n) is 4.91. The molecule has 1 saturated carbocycles. The van der Waals surface area contributed by atoms with Gasteiger partial charge in [-0.3, -0.25) is 0 Å². The predicted octanol–water partition coefficient (Wildman–Crippen LogP) is 1.61. The Balaban J connectivity index is 2.01. The van der Waals surface area contributed by atoms with Crippen LogP contribution < -0.4 is 5.32 Å². The molecule has 1 aliphatic carbocycles. The number of pyridine rings is 1. The van der Waals surface area contributed by atoms with Crippen LogP contribution in [0.15, 0.2) is 18.3 Å². The van der Waals surface area contributed by atoms with Gasteiger partial charge in [0.05, 0.1) is 0 Å². The van der Waals surface area contributed by atoms with Crippen LogP contribution in [-0.2, 0) is 0 Å². The molecule has 2 aromatic heterocycles. The summed E-state index contributed by atoms with van der Waals surface area (Å²) in [6.07, 6.45) is 4.48. The fourth-order valence-corrected chi connectivity index (χ4v) is 1.46. The van der Waals surface area contributed by atoms with E-state index in [9.17, 15) is 0 Å². The minimum atomic E-state index is 0.605. The zero-order valence-corrected chi connectivity index (χ0v) is 8.07. The molecule has 1 fully saturated rings. The van der Waals surface area contributed by atoms with E-state index in [1.165, 1.54) is 18.4 Å². The number of nitrogens with zero attached hydrogens (tertiary/aromatic N) is 3. The van der Waals surface area contributed by atoms with Gasteiger partial charge in [0.2, 0.25) is 5.95 Å². The van der Waals surface area contributed by atoms with Crippen molar-refractivity contribution in [2.24, 2.45) is 0 Å². The van der Waals surface area contributed by atoms with Crippen LogP contribution in [-0.4, -0.2) is 20.6 Å². The minimum absolute atomic E-state index is 0.605. The highest BCUT2D eigenvalue weighted by molar-refractivity contribution is 5.44. The van der Waals surface area contributed by atoms with Crippen molar-refractivity contribution in [3.63, 3.8) is 0 Å². The first kappa shape index (κ1) is 7.79. The van der Waals surface area contributed by atoms with Crippen LogP contribution in [0.2, 0.25) is 0 Å². The van der Waals surface area contributed by atoms with Crippen molar-refractivity contribution in [2.45, 2.75) is 25.8 Å². The summed E-state index contributed by atoms with van der Waals surface area (Å²) >= 11 is 0. The van der Waals surface area contributed by atoms with Gasteiger partial charge in [-0.15, -0.1) is 5.10 Å². The second kappa shape index (κ2) is 2.70. The van der Waals surface area contributed by atoms with Crippen molar-refractivity contribution in [2.75, 3.05) is 5.32 Å². The van der Waals surface area contributed by atoms with Crippen LogP contribution >= 0.6 is 0 Å². The Kier molecular flexibility index (Phi) is 1.50. The van der Waals surface area contributed by atoms with E-state index < -0.39 is 0 Å². The van der Waals surface area contributed by atoms with Gasteiger partial charge in [0.25, 0.3) is 0 Å². The second-order valence-electron chi connectivity index (χ2n) is 3.86. The molecule has 2 aromatic rings. The first-order valence-corrected chi connectivity index (χ1v) is 4.91. The van der Waals surface area contributed by atoms with Crippen molar-refractivity contribution in [1.82, 2.24) is 14.6 Å². The summed E-state index contributed by atoms with van der Waals surface area (Å²) in [6.45, 7) is 2.05. The Bertz CT molecular complexity index is 470. The largest absolute Gasteiger partial charge is 0.350 e. The number of fused-ring (bicyclic) bond motifs is 1. The number of hydrogen-bond acceptors (Lipinski definition) is 3. The summed E-state index contributed by atoms with van der Waals surface area (Å²) in [7, 11) is 0. The fraction of sp³-hybridized carbons (Fsp3) is 0.400. The van der Waals surface area contributed by atoms with Gasteiger partial charge in [-0.2, -0.15) is 4.98 Å². The van der Waals surface area contributed by atoms with Crippen LogP contribution in [0.4, 0.5) is 5.95 Å². The second-order valence-corrected chi connectivity index (χ2v) is 3.86. The lowest BCUT2D eigenvalue weighted by molar-refractivity contribution is 0.942.